The van der Waals surface area contributed by atoms with Gasteiger partial charge in [0.1, 0.15) is 18.3 Å². The molecule has 0 aromatic rings. The Morgan fingerprint density at radius 2 is 1.42 bits per heavy atom. The molecule has 1 heterocycles. The average molecular weight is 182 g/mol. The highest BCUT2D eigenvalue weighted by Gasteiger charge is 2.40. The van der Waals surface area contributed by atoms with E-state index in [1.165, 1.54) is 6.92 Å². The maximum Gasteiger partial charge on any atom is 0.183 e. The molecule has 0 amide bonds. The first-order valence-corrected chi connectivity index (χ1v) is 3.41. The lowest BCUT2D eigenvalue weighted by Crippen LogP contribution is -2.56. The molecule has 12 heavy (non-hydrogen) atoms. The van der Waals surface area contributed by atoms with Crippen LogP contribution in [0.15, 0.2) is 0 Å². The van der Waals surface area contributed by atoms with E-state index in [4.69, 9.17) is 20.4 Å². The molecule has 1 aliphatic heterocycles. The molecule has 1 aliphatic rings. The van der Waals surface area contributed by atoms with Crippen molar-refractivity contribution < 1.29 is 30.6 Å². The minimum absolute atomic E-state index is 0. The second kappa shape index (κ2) is 4.13. The van der Waals surface area contributed by atoms with Crippen LogP contribution in [0.25, 0.3) is 0 Å². The van der Waals surface area contributed by atoms with Crippen molar-refractivity contribution in [1.29, 1.82) is 0 Å². The zero-order chi connectivity index (χ0) is 8.59. The fraction of sp³-hybridized carbons (Fsp3) is 1.00. The van der Waals surface area contributed by atoms with Gasteiger partial charge in [-0.25, -0.2) is 0 Å². The molecule has 0 bridgehead atoms. The van der Waals surface area contributed by atoms with Gasteiger partial charge in [0.25, 0.3) is 0 Å². The smallest absolute Gasteiger partial charge is 0.183 e. The van der Waals surface area contributed by atoms with Crippen LogP contribution in [0.5, 0.6) is 0 Å². The fourth-order valence-corrected chi connectivity index (χ4v) is 1.03. The highest BCUT2D eigenvalue weighted by Crippen LogP contribution is 2.18. The molecule has 1 fully saturated rings. The van der Waals surface area contributed by atoms with E-state index in [9.17, 15) is 0 Å². The largest absolute Gasteiger partial charge is 0.412 e. The zero-order valence-electron chi connectivity index (χ0n) is 6.58. The van der Waals surface area contributed by atoms with Crippen molar-refractivity contribution >= 4 is 0 Å². The first-order chi connectivity index (χ1) is 5.04. The van der Waals surface area contributed by atoms with Gasteiger partial charge in [-0.05, 0) is 6.92 Å². The standard InChI is InChI=1S/C6H12O5.H2O/c1-2-3(7)4(8)5(9)6(10)11-2;/h2-10H,1H3;1H2/t2-,3-,4+,5+,6-;/m0./s1. The first kappa shape index (κ1) is 11.8. The van der Waals surface area contributed by atoms with Crippen molar-refractivity contribution in [2.45, 2.75) is 37.6 Å². The summed E-state index contributed by atoms with van der Waals surface area (Å²) in [6, 6.07) is 0. The monoisotopic (exact) mass is 182 g/mol. The van der Waals surface area contributed by atoms with Crippen molar-refractivity contribution in [2.24, 2.45) is 0 Å². The van der Waals surface area contributed by atoms with E-state index < -0.39 is 30.7 Å². The van der Waals surface area contributed by atoms with E-state index in [0.29, 0.717) is 0 Å². The second-order valence-electron chi connectivity index (χ2n) is 2.70. The summed E-state index contributed by atoms with van der Waals surface area (Å²) in [5, 5.41) is 36.0. The van der Waals surface area contributed by atoms with Crippen molar-refractivity contribution in [3.05, 3.63) is 0 Å². The Hall–Kier alpha value is -0.240. The topological polar surface area (TPSA) is 122 Å². The molecule has 0 unspecified atom stereocenters. The van der Waals surface area contributed by atoms with Gasteiger partial charge in [-0.15, -0.1) is 0 Å². The molecule has 0 saturated carbocycles. The molecule has 6 heteroatoms. The van der Waals surface area contributed by atoms with Crippen LogP contribution in [-0.4, -0.2) is 56.6 Å². The zero-order valence-corrected chi connectivity index (χ0v) is 6.58. The van der Waals surface area contributed by atoms with Gasteiger partial charge < -0.3 is 30.6 Å². The molecule has 6 N–H and O–H groups in total. The number of hydrogen-bond acceptors (Lipinski definition) is 5. The third kappa shape index (κ3) is 1.92. The summed E-state index contributed by atoms with van der Waals surface area (Å²) in [7, 11) is 0. The summed E-state index contributed by atoms with van der Waals surface area (Å²) >= 11 is 0. The Morgan fingerprint density at radius 3 is 1.92 bits per heavy atom. The van der Waals surface area contributed by atoms with Crippen LogP contribution >= 0.6 is 0 Å². The van der Waals surface area contributed by atoms with E-state index in [2.05, 4.69) is 4.74 Å². The number of aliphatic hydroxyl groups is 4. The third-order valence-corrected chi connectivity index (χ3v) is 1.83. The minimum Gasteiger partial charge on any atom is -0.412 e. The summed E-state index contributed by atoms with van der Waals surface area (Å²) in [5.74, 6) is 0. The normalized spacial score (nSPS) is 48.2. The van der Waals surface area contributed by atoms with Gasteiger partial charge in [-0.2, -0.15) is 0 Å². The summed E-state index contributed by atoms with van der Waals surface area (Å²) in [5.41, 5.74) is 0. The van der Waals surface area contributed by atoms with Crippen LogP contribution in [0.1, 0.15) is 6.92 Å². The maximum absolute atomic E-state index is 9.09. The number of aliphatic hydroxyl groups excluding tert-OH is 4. The molecule has 74 valence electrons. The highest BCUT2D eigenvalue weighted by molar-refractivity contribution is 4.86. The van der Waals surface area contributed by atoms with E-state index >= 15 is 0 Å². The van der Waals surface area contributed by atoms with Gasteiger partial charge in [0.15, 0.2) is 6.29 Å². The summed E-state index contributed by atoms with van der Waals surface area (Å²) in [6.45, 7) is 1.50. The molecule has 6 nitrogen and oxygen atoms in total. The molecular weight excluding hydrogens is 168 g/mol. The molecule has 1 saturated heterocycles. The van der Waals surface area contributed by atoms with Crippen molar-refractivity contribution in [2.75, 3.05) is 0 Å². The Bertz CT molecular complexity index is 126. The Balaban J connectivity index is 0.00000121. The summed E-state index contributed by atoms with van der Waals surface area (Å²) in [4.78, 5) is 0. The van der Waals surface area contributed by atoms with Crippen LogP contribution in [0.3, 0.4) is 0 Å². The molecule has 1 rings (SSSR count). The molecule has 0 radical (unpaired) electrons. The van der Waals surface area contributed by atoms with Gasteiger partial charge in [0, 0.05) is 0 Å². The molecule has 0 aromatic heterocycles. The lowest BCUT2D eigenvalue weighted by atomic mass is 10.0. The fourth-order valence-electron chi connectivity index (χ4n) is 1.03. The third-order valence-electron chi connectivity index (χ3n) is 1.83. The molecule has 0 aliphatic carbocycles. The van der Waals surface area contributed by atoms with Crippen molar-refractivity contribution in [3.63, 3.8) is 0 Å². The predicted molar refractivity (Wildman–Crippen MR) is 38.2 cm³/mol. The van der Waals surface area contributed by atoms with Gasteiger partial charge >= 0.3 is 0 Å². The van der Waals surface area contributed by atoms with Crippen molar-refractivity contribution in [3.8, 4) is 0 Å². The van der Waals surface area contributed by atoms with Gasteiger partial charge in [-0.3, -0.25) is 0 Å². The lowest BCUT2D eigenvalue weighted by Gasteiger charge is -2.36. The van der Waals surface area contributed by atoms with Crippen LogP contribution in [0.4, 0.5) is 0 Å². The molecule has 5 atom stereocenters. The van der Waals surface area contributed by atoms with Gasteiger partial charge in [0.05, 0.1) is 6.10 Å². The van der Waals surface area contributed by atoms with E-state index in [1.807, 2.05) is 0 Å². The van der Waals surface area contributed by atoms with Crippen molar-refractivity contribution in [1.82, 2.24) is 0 Å². The summed E-state index contributed by atoms with van der Waals surface area (Å²) < 4.78 is 4.68. The maximum atomic E-state index is 9.09. The van der Waals surface area contributed by atoms with E-state index in [0.717, 1.165) is 0 Å². The van der Waals surface area contributed by atoms with E-state index in [1.54, 1.807) is 0 Å². The SMILES string of the molecule is C[C@@H]1O[C@H](O)[C@H](O)[C@H](O)[C@H]1O.O. The molecular formula is C6H14O6. The highest BCUT2D eigenvalue weighted by atomic mass is 16.6. The van der Waals surface area contributed by atoms with Gasteiger partial charge in [0.2, 0.25) is 0 Å². The van der Waals surface area contributed by atoms with E-state index in [-0.39, 0.29) is 5.48 Å². The Labute approximate surface area is 69.3 Å². The molecule has 0 spiro atoms. The Kier molecular flexibility index (Phi) is 4.04. The van der Waals surface area contributed by atoms with Crippen LogP contribution in [-0.2, 0) is 4.74 Å². The number of ether oxygens (including phenoxy) is 1. The first-order valence-electron chi connectivity index (χ1n) is 3.41. The van der Waals surface area contributed by atoms with Crippen LogP contribution < -0.4 is 0 Å². The quantitative estimate of drug-likeness (QED) is 0.317. The minimum atomic E-state index is -1.43. The Morgan fingerprint density at radius 1 is 0.917 bits per heavy atom. The van der Waals surface area contributed by atoms with Crippen LogP contribution in [0, 0.1) is 0 Å². The number of rotatable bonds is 0. The average Bonchev–Trinajstić information content (AvgIpc) is 1.97. The molecule has 0 aromatic carbocycles. The number of hydrogen-bond donors (Lipinski definition) is 4. The predicted octanol–water partition coefficient (Wildman–Crippen LogP) is -3.02. The lowest BCUT2D eigenvalue weighted by molar-refractivity contribution is -0.277. The second-order valence-corrected chi connectivity index (χ2v) is 2.70. The van der Waals surface area contributed by atoms with Crippen LogP contribution in [0.2, 0.25) is 0 Å². The summed E-state index contributed by atoms with van der Waals surface area (Å²) in [6.07, 6.45) is -5.99. The van der Waals surface area contributed by atoms with Gasteiger partial charge in [-0.1, -0.05) is 0 Å².